The number of carbonyl (C=O) groups excluding carboxylic acids is 1. The number of hydrogen-bond donors (Lipinski definition) is 2. The zero-order valence-electron chi connectivity index (χ0n) is 19.0. The molecule has 0 spiro atoms. The third-order valence-electron chi connectivity index (χ3n) is 5.96. The first-order valence-corrected chi connectivity index (χ1v) is 11.8. The summed E-state index contributed by atoms with van der Waals surface area (Å²) in [6.45, 7) is 4.59. The summed E-state index contributed by atoms with van der Waals surface area (Å²) < 4.78 is 21.1. The third-order valence-corrected chi connectivity index (χ3v) is 6.24. The van der Waals surface area contributed by atoms with Gasteiger partial charge < -0.3 is 15.4 Å². The Morgan fingerprint density at radius 3 is 2.71 bits per heavy atom. The van der Waals surface area contributed by atoms with Gasteiger partial charge in [-0.1, -0.05) is 29.8 Å². The number of halogens is 2. The molecule has 0 saturated carbocycles. The van der Waals surface area contributed by atoms with Crippen LogP contribution in [0.25, 0.3) is 16.6 Å². The summed E-state index contributed by atoms with van der Waals surface area (Å²) in [6.07, 6.45) is 0. The number of anilines is 2. The fourth-order valence-corrected chi connectivity index (χ4v) is 4.33. The van der Waals surface area contributed by atoms with Gasteiger partial charge in [-0.25, -0.2) is 9.07 Å². The first kappa shape index (κ1) is 23.3. The van der Waals surface area contributed by atoms with Crippen LogP contribution < -0.4 is 10.6 Å². The van der Waals surface area contributed by atoms with E-state index >= 15 is 0 Å². The molecule has 0 radical (unpaired) electrons. The monoisotopic (exact) mass is 493 g/mol. The van der Waals surface area contributed by atoms with Crippen LogP contribution in [0.4, 0.5) is 15.8 Å². The van der Waals surface area contributed by atoms with Crippen molar-refractivity contribution in [1.29, 1.82) is 0 Å². The van der Waals surface area contributed by atoms with Crippen LogP contribution in [0.1, 0.15) is 10.4 Å². The summed E-state index contributed by atoms with van der Waals surface area (Å²) in [4.78, 5) is 15.0. The van der Waals surface area contributed by atoms with Crippen LogP contribution in [0.3, 0.4) is 0 Å². The molecule has 9 heteroatoms. The van der Waals surface area contributed by atoms with Gasteiger partial charge in [0, 0.05) is 42.8 Å². The van der Waals surface area contributed by atoms with Crippen molar-refractivity contribution in [3.63, 3.8) is 0 Å². The number of rotatable bonds is 7. The molecule has 0 aliphatic carbocycles. The highest BCUT2D eigenvalue weighted by Gasteiger charge is 2.15. The van der Waals surface area contributed by atoms with Gasteiger partial charge in [-0.05, 0) is 48.5 Å². The predicted octanol–water partition coefficient (Wildman–Crippen LogP) is 4.62. The molecule has 1 saturated heterocycles. The molecule has 1 aliphatic rings. The molecule has 1 aromatic heterocycles. The number of ether oxygens (including phenoxy) is 1. The highest BCUT2D eigenvalue weighted by Crippen LogP contribution is 2.30. The predicted molar refractivity (Wildman–Crippen MR) is 135 cm³/mol. The van der Waals surface area contributed by atoms with Gasteiger partial charge in [-0.3, -0.25) is 9.69 Å². The summed E-state index contributed by atoms with van der Waals surface area (Å²) in [7, 11) is 0. The molecule has 0 unspecified atom stereocenters. The molecule has 4 aromatic rings. The number of fused-ring (bicyclic) bond motifs is 1. The van der Waals surface area contributed by atoms with Gasteiger partial charge in [-0.15, -0.1) is 0 Å². The van der Waals surface area contributed by atoms with E-state index in [4.69, 9.17) is 16.3 Å². The average molecular weight is 494 g/mol. The number of aromatic nitrogens is 2. The van der Waals surface area contributed by atoms with Crippen molar-refractivity contribution in [2.45, 2.75) is 0 Å². The quantitative estimate of drug-likeness (QED) is 0.393. The first-order valence-electron chi connectivity index (χ1n) is 11.5. The van der Waals surface area contributed by atoms with Gasteiger partial charge in [-0.2, -0.15) is 5.10 Å². The molecule has 5 rings (SSSR count). The topological polar surface area (TPSA) is 71.4 Å². The fraction of sp³-hybridized carbons (Fsp3) is 0.231. The van der Waals surface area contributed by atoms with Crippen molar-refractivity contribution in [2.24, 2.45) is 0 Å². The standard InChI is InChI=1S/C26H25ClFN5O2/c27-25-21-17-19(30-23-7-2-1-6-22(23)28)8-9-24(21)33(31-25)20-5-3-4-18(16-20)26(34)29-10-11-32-12-14-35-15-13-32/h1-9,16-17,30H,10-15H2,(H,29,34). The SMILES string of the molecule is O=C(NCCN1CCOCC1)c1cccc(-n2nc(Cl)c3cc(Nc4ccccc4F)ccc32)c1. The number of para-hydroxylation sites is 1. The van der Waals surface area contributed by atoms with Crippen LogP contribution in [0, 0.1) is 5.82 Å². The smallest absolute Gasteiger partial charge is 0.251 e. The second-order valence-corrected chi connectivity index (χ2v) is 8.66. The normalized spacial score (nSPS) is 14.2. The maximum Gasteiger partial charge on any atom is 0.251 e. The highest BCUT2D eigenvalue weighted by molar-refractivity contribution is 6.34. The Bertz CT molecular complexity index is 1350. The molecule has 7 nitrogen and oxygen atoms in total. The molecule has 0 atom stereocenters. The minimum atomic E-state index is -0.338. The maximum absolute atomic E-state index is 14.0. The number of amides is 1. The molecule has 1 amide bonds. The fourth-order valence-electron chi connectivity index (χ4n) is 4.11. The van der Waals surface area contributed by atoms with Crippen molar-refractivity contribution in [1.82, 2.24) is 20.0 Å². The summed E-state index contributed by atoms with van der Waals surface area (Å²) in [5.41, 5.74) is 3.11. The van der Waals surface area contributed by atoms with Crippen molar-refractivity contribution in [3.8, 4) is 5.69 Å². The second kappa shape index (κ2) is 10.4. The minimum Gasteiger partial charge on any atom is -0.379 e. The Morgan fingerprint density at radius 2 is 1.89 bits per heavy atom. The van der Waals surface area contributed by atoms with E-state index in [9.17, 15) is 9.18 Å². The molecule has 0 bridgehead atoms. The second-order valence-electron chi connectivity index (χ2n) is 8.30. The van der Waals surface area contributed by atoms with Crippen molar-refractivity contribution in [2.75, 3.05) is 44.7 Å². The van der Waals surface area contributed by atoms with E-state index in [1.807, 2.05) is 30.3 Å². The molecule has 35 heavy (non-hydrogen) atoms. The van der Waals surface area contributed by atoms with Gasteiger partial charge >= 0.3 is 0 Å². The lowest BCUT2D eigenvalue weighted by molar-refractivity contribution is 0.0383. The lowest BCUT2D eigenvalue weighted by atomic mass is 10.1. The zero-order chi connectivity index (χ0) is 24.2. The van der Waals surface area contributed by atoms with E-state index in [2.05, 4.69) is 20.6 Å². The van der Waals surface area contributed by atoms with Gasteiger partial charge in [0.2, 0.25) is 0 Å². The van der Waals surface area contributed by atoms with Crippen LogP contribution in [0.15, 0.2) is 66.7 Å². The summed E-state index contributed by atoms with van der Waals surface area (Å²) in [6, 6.07) is 19.3. The van der Waals surface area contributed by atoms with Crippen LogP contribution in [0.2, 0.25) is 5.15 Å². The molecule has 1 aliphatic heterocycles. The van der Waals surface area contributed by atoms with Crippen molar-refractivity contribution >= 4 is 39.8 Å². The third kappa shape index (κ3) is 5.30. The van der Waals surface area contributed by atoms with E-state index in [0.717, 1.165) is 44.1 Å². The van der Waals surface area contributed by atoms with Crippen LogP contribution in [-0.2, 0) is 4.74 Å². The van der Waals surface area contributed by atoms with Gasteiger partial charge in [0.15, 0.2) is 5.15 Å². The number of nitrogens with one attached hydrogen (secondary N) is 2. The van der Waals surface area contributed by atoms with Gasteiger partial charge in [0.05, 0.1) is 30.1 Å². The first-order chi connectivity index (χ1) is 17.1. The number of nitrogens with zero attached hydrogens (tertiary/aromatic N) is 3. The Morgan fingerprint density at radius 1 is 1.06 bits per heavy atom. The number of morpholine rings is 1. The molecule has 2 N–H and O–H groups in total. The summed E-state index contributed by atoms with van der Waals surface area (Å²) in [5.74, 6) is -0.478. The average Bonchev–Trinajstić information content (AvgIpc) is 3.22. The number of benzene rings is 3. The zero-order valence-corrected chi connectivity index (χ0v) is 19.8. The summed E-state index contributed by atoms with van der Waals surface area (Å²) >= 11 is 6.45. The van der Waals surface area contributed by atoms with Crippen LogP contribution >= 0.6 is 11.6 Å². The highest BCUT2D eigenvalue weighted by atomic mass is 35.5. The van der Waals surface area contributed by atoms with E-state index in [1.165, 1.54) is 6.07 Å². The minimum absolute atomic E-state index is 0.140. The number of carbonyl (C=O) groups is 1. The van der Waals surface area contributed by atoms with Crippen molar-refractivity contribution < 1.29 is 13.9 Å². The largest absolute Gasteiger partial charge is 0.379 e. The number of hydrogen-bond acceptors (Lipinski definition) is 5. The van der Waals surface area contributed by atoms with Crippen LogP contribution in [0.5, 0.6) is 0 Å². The van der Waals surface area contributed by atoms with E-state index < -0.39 is 0 Å². The van der Waals surface area contributed by atoms with Gasteiger partial charge in [0.25, 0.3) is 5.91 Å². The molecule has 3 aromatic carbocycles. The molecular formula is C26H25ClFN5O2. The Hall–Kier alpha value is -3.46. The maximum atomic E-state index is 14.0. The van der Waals surface area contributed by atoms with E-state index in [0.29, 0.717) is 34.0 Å². The Balaban J connectivity index is 1.33. The van der Waals surface area contributed by atoms with E-state index in [-0.39, 0.29) is 11.7 Å². The van der Waals surface area contributed by atoms with E-state index in [1.54, 1.807) is 35.0 Å². The molecule has 180 valence electrons. The molecule has 1 fully saturated rings. The van der Waals surface area contributed by atoms with Crippen molar-refractivity contribution in [3.05, 3.63) is 83.3 Å². The van der Waals surface area contributed by atoms with Crippen LogP contribution in [-0.4, -0.2) is 60.0 Å². The molecule has 2 heterocycles. The van der Waals surface area contributed by atoms with Gasteiger partial charge in [0.1, 0.15) is 5.82 Å². The lowest BCUT2D eigenvalue weighted by Crippen LogP contribution is -2.41. The Kier molecular flexibility index (Phi) is 6.94. The Labute approximate surface area is 207 Å². The lowest BCUT2D eigenvalue weighted by Gasteiger charge is -2.26. The summed E-state index contributed by atoms with van der Waals surface area (Å²) in [5, 5.41) is 11.6. The molecular weight excluding hydrogens is 469 g/mol.